The minimum absolute atomic E-state index is 0.228. The van der Waals surface area contributed by atoms with Crippen LogP contribution in [-0.4, -0.2) is 12.6 Å². The summed E-state index contributed by atoms with van der Waals surface area (Å²) in [6.45, 7) is 4.83. The molecule has 2 rings (SSSR count). The van der Waals surface area contributed by atoms with Gasteiger partial charge in [0.15, 0.2) is 0 Å². The van der Waals surface area contributed by atoms with Gasteiger partial charge in [-0.1, -0.05) is 37.3 Å². The summed E-state index contributed by atoms with van der Waals surface area (Å²) in [6.07, 6.45) is 1.92. The highest BCUT2D eigenvalue weighted by molar-refractivity contribution is 5.91. The molecule has 0 amide bonds. The van der Waals surface area contributed by atoms with Gasteiger partial charge in [-0.25, -0.2) is 0 Å². The molecule has 2 aromatic rings. The van der Waals surface area contributed by atoms with Gasteiger partial charge in [-0.05, 0) is 36.8 Å². The van der Waals surface area contributed by atoms with Gasteiger partial charge in [-0.15, -0.1) is 0 Å². The van der Waals surface area contributed by atoms with Crippen molar-refractivity contribution < 1.29 is 4.74 Å². The van der Waals surface area contributed by atoms with Crippen LogP contribution in [-0.2, 0) is 6.42 Å². The van der Waals surface area contributed by atoms with Crippen LogP contribution >= 0.6 is 0 Å². The van der Waals surface area contributed by atoms with Gasteiger partial charge in [0.1, 0.15) is 5.75 Å². The average Bonchev–Trinajstić information content (AvgIpc) is 2.41. The van der Waals surface area contributed by atoms with Gasteiger partial charge < -0.3 is 10.5 Å². The van der Waals surface area contributed by atoms with E-state index in [4.69, 9.17) is 10.5 Å². The van der Waals surface area contributed by atoms with Crippen LogP contribution < -0.4 is 10.5 Å². The van der Waals surface area contributed by atoms with E-state index in [0.29, 0.717) is 6.61 Å². The quantitative estimate of drug-likeness (QED) is 0.872. The average molecular weight is 243 g/mol. The smallest absolute Gasteiger partial charge is 0.127 e. The Balaban J connectivity index is 2.46. The Morgan fingerprint density at radius 1 is 1.06 bits per heavy atom. The molecule has 0 fully saturated rings. The fourth-order valence-corrected chi connectivity index (χ4v) is 2.22. The summed E-state index contributed by atoms with van der Waals surface area (Å²) in [7, 11) is 0. The van der Waals surface area contributed by atoms with Gasteiger partial charge in [-0.2, -0.15) is 0 Å². The summed E-state index contributed by atoms with van der Waals surface area (Å²) >= 11 is 0. The summed E-state index contributed by atoms with van der Waals surface area (Å²) < 4.78 is 5.67. The van der Waals surface area contributed by atoms with Crippen molar-refractivity contribution in [3.05, 3.63) is 42.0 Å². The molecule has 2 heteroatoms. The zero-order valence-electron chi connectivity index (χ0n) is 11.1. The Morgan fingerprint density at radius 3 is 2.44 bits per heavy atom. The van der Waals surface area contributed by atoms with E-state index in [1.54, 1.807) is 0 Å². The van der Waals surface area contributed by atoms with E-state index in [2.05, 4.69) is 37.3 Å². The lowest BCUT2D eigenvalue weighted by Gasteiger charge is -2.14. The van der Waals surface area contributed by atoms with Crippen LogP contribution in [0.3, 0.4) is 0 Å². The van der Waals surface area contributed by atoms with Crippen LogP contribution in [0.4, 0.5) is 0 Å². The van der Waals surface area contributed by atoms with Crippen LogP contribution in [0.2, 0.25) is 0 Å². The van der Waals surface area contributed by atoms with Crippen molar-refractivity contribution in [1.82, 2.24) is 0 Å². The highest BCUT2D eigenvalue weighted by Gasteiger charge is 2.08. The third kappa shape index (κ3) is 2.65. The van der Waals surface area contributed by atoms with Gasteiger partial charge in [0, 0.05) is 11.4 Å². The summed E-state index contributed by atoms with van der Waals surface area (Å²) in [5, 5.41) is 2.44. The second kappa shape index (κ2) is 5.87. The lowest BCUT2D eigenvalue weighted by Crippen LogP contribution is -2.21. The van der Waals surface area contributed by atoms with Crippen LogP contribution in [0.5, 0.6) is 5.75 Å². The molecule has 0 spiro atoms. The van der Waals surface area contributed by atoms with Crippen molar-refractivity contribution in [1.29, 1.82) is 0 Å². The first kappa shape index (κ1) is 12.9. The van der Waals surface area contributed by atoms with E-state index in [1.165, 1.54) is 16.3 Å². The van der Waals surface area contributed by atoms with Crippen molar-refractivity contribution in [3.8, 4) is 5.75 Å². The molecule has 2 N–H and O–H groups in total. The minimum atomic E-state index is 0.228. The Labute approximate surface area is 109 Å². The maximum atomic E-state index is 6.06. The third-order valence-corrected chi connectivity index (χ3v) is 3.28. The molecule has 0 heterocycles. The van der Waals surface area contributed by atoms with Crippen LogP contribution in [0.25, 0.3) is 10.8 Å². The molecule has 2 nitrogen and oxygen atoms in total. The molecule has 18 heavy (non-hydrogen) atoms. The van der Waals surface area contributed by atoms with Crippen molar-refractivity contribution >= 4 is 10.8 Å². The van der Waals surface area contributed by atoms with Gasteiger partial charge >= 0.3 is 0 Å². The van der Waals surface area contributed by atoms with Crippen molar-refractivity contribution in [3.63, 3.8) is 0 Å². The lowest BCUT2D eigenvalue weighted by atomic mass is 9.97. The van der Waals surface area contributed by atoms with E-state index in [0.717, 1.165) is 18.6 Å². The zero-order chi connectivity index (χ0) is 13.0. The highest BCUT2D eigenvalue weighted by Crippen LogP contribution is 2.29. The maximum absolute atomic E-state index is 6.06. The number of nitrogens with two attached hydrogens (primary N) is 1. The number of hydrogen-bond donors (Lipinski definition) is 1. The molecule has 0 bridgehead atoms. The minimum Gasteiger partial charge on any atom is -0.493 e. The summed E-state index contributed by atoms with van der Waals surface area (Å²) in [6, 6.07) is 12.8. The molecule has 1 unspecified atom stereocenters. The number of rotatable bonds is 5. The second-order valence-electron chi connectivity index (χ2n) is 4.57. The number of benzene rings is 2. The first-order valence-electron chi connectivity index (χ1n) is 6.65. The molecular weight excluding hydrogens is 222 g/mol. The first-order chi connectivity index (χ1) is 8.76. The van der Waals surface area contributed by atoms with Crippen molar-refractivity contribution in [2.24, 2.45) is 5.73 Å². The normalized spacial score (nSPS) is 12.6. The predicted molar refractivity (Wildman–Crippen MR) is 77.1 cm³/mol. The number of fused-ring (bicyclic) bond motifs is 1. The van der Waals surface area contributed by atoms with E-state index >= 15 is 0 Å². The maximum Gasteiger partial charge on any atom is 0.127 e. The standard InChI is InChI=1S/C16H21NO/c1-3-13(17)11-12-9-10-16(18-4-2)15-8-6-5-7-14(12)15/h5-10,13H,3-4,11,17H2,1-2H3. The zero-order valence-corrected chi connectivity index (χ0v) is 11.1. The van der Waals surface area contributed by atoms with Gasteiger partial charge in [-0.3, -0.25) is 0 Å². The van der Waals surface area contributed by atoms with Crippen LogP contribution in [0.15, 0.2) is 36.4 Å². The Kier molecular flexibility index (Phi) is 4.21. The molecule has 0 saturated heterocycles. The van der Waals surface area contributed by atoms with E-state index in [9.17, 15) is 0 Å². The highest BCUT2D eigenvalue weighted by atomic mass is 16.5. The van der Waals surface area contributed by atoms with Crippen LogP contribution in [0.1, 0.15) is 25.8 Å². The van der Waals surface area contributed by atoms with Crippen molar-refractivity contribution in [2.45, 2.75) is 32.7 Å². The molecular formula is C16H21NO. The Morgan fingerprint density at radius 2 is 1.78 bits per heavy atom. The second-order valence-corrected chi connectivity index (χ2v) is 4.57. The lowest BCUT2D eigenvalue weighted by molar-refractivity contribution is 0.344. The molecule has 0 aliphatic heterocycles. The molecule has 1 atom stereocenters. The Hall–Kier alpha value is -1.54. The summed E-state index contributed by atoms with van der Waals surface area (Å²) in [5.41, 5.74) is 7.37. The van der Waals surface area contributed by atoms with Gasteiger partial charge in [0.25, 0.3) is 0 Å². The van der Waals surface area contributed by atoms with Gasteiger partial charge in [0.05, 0.1) is 6.61 Å². The van der Waals surface area contributed by atoms with E-state index in [1.807, 2.05) is 13.0 Å². The molecule has 0 radical (unpaired) electrons. The van der Waals surface area contributed by atoms with E-state index in [-0.39, 0.29) is 6.04 Å². The molecule has 0 aliphatic carbocycles. The molecule has 0 aromatic heterocycles. The Bertz CT molecular complexity index is 521. The van der Waals surface area contributed by atoms with Crippen LogP contribution in [0, 0.1) is 0 Å². The number of hydrogen-bond acceptors (Lipinski definition) is 2. The SMILES string of the molecule is CCOc1ccc(CC(N)CC)c2ccccc12. The fourth-order valence-electron chi connectivity index (χ4n) is 2.22. The van der Waals surface area contributed by atoms with Crippen molar-refractivity contribution in [2.75, 3.05) is 6.61 Å². The largest absolute Gasteiger partial charge is 0.493 e. The topological polar surface area (TPSA) is 35.2 Å². The molecule has 0 aliphatic rings. The number of ether oxygens (including phenoxy) is 1. The molecule has 96 valence electrons. The predicted octanol–water partition coefficient (Wildman–Crippen LogP) is 3.52. The van der Waals surface area contributed by atoms with Gasteiger partial charge in [0.2, 0.25) is 0 Å². The van der Waals surface area contributed by atoms with E-state index < -0.39 is 0 Å². The summed E-state index contributed by atoms with van der Waals surface area (Å²) in [4.78, 5) is 0. The molecule has 2 aromatic carbocycles. The molecule has 0 saturated carbocycles. The summed E-state index contributed by atoms with van der Waals surface area (Å²) in [5.74, 6) is 0.960. The first-order valence-corrected chi connectivity index (χ1v) is 6.65. The fraction of sp³-hybridized carbons (Fsp3) is 0.375. The monoisotopic (exact) mass is 243 g/mol. The third-order valence-electron chi connectivity index (χ3n) is 3.28.